The molecule has 140 valence electrons. The lowest BCUT2D eigenvalue weighted by Gasteiger charge is -2.42. The third kappa shape index (κ3) is 3.27. The Bertz CT molecular complexity index is 909. The van der Waals surface area contributed by atoms with E-state index in [1.54, 1.807) is 16.9 Å². The Kier molecular flexibility index (Phi) is 4.47. The number of aliphatic hydroxyl groups is 1. The van der Waals surface area contributed by atoms with Gasteiger partial charge in [0.1, 0.15) is 22.5 Å². The first kappa shape index (κ1) is 19.0. The van der Waals surface area contributed by atoms with Crippen molar-refractivity contribution in [3.63, 3.8) is 0 Å². The van der Waals surface area contributed by atoms with E-state index in [0.29, 0.717) is 16.5 Å². The molecule has 4 nitrogen and oxygen atoms in total. The van der Waals surface area contributed by atoms with Gasteiger partial charge in [0.2, 0.25) is 0 Å². The van der Waals surface area contributed by atoms with Gasteiger partial charge < -0.3 is 5.11 Å². The molecule has 26 heavy (non-hydrogen) atoms. The number of rotatable bonds is 1. The Morgan fingerprint density at radius 2 is 1.65 bits per heavy atom. The molecular formula is C21H28ClN3O. The predicted molar refractivity (Wildman–Crippen MR) is 108 cm³/mol. The number of halogens is 1. The molecule has 0 spiro atoms. The average Bonchev–Trinajstić information content (AvgIpc) is 2.87. The molecule has 0 saturated heterocycles. The molecule has 0 bridgehead atoms. The fraction of sp³-hybridized carbons (Fsp3) is 0.524. The Balaban J connectivity index is 2.23. The van der Waals surface area contributed by atoms with E-state index in [1.807, 2.05) is 6.07 Å². The summed E-state index contributed by atoms with van der Waals surface area (Å²) in [6.07, 6.45) is 2.06. The van der Waals surface area contributed by atoms with Crippen LogP contribution in [0.15, 0.2) is 35.6 Å². The zero-order valence-electron chi connectivity index (χ0n) is 16.6. The summed E-state index contributed by atoms with van der Waals surface area (Å²) in [4.78, 5) is 1.55. The van der Waals surface area contributed by atoms with E-state index in [-0.39, 0.29) is 22.7 Å². The number of benzene rings is 1. The van der Waals surface area contributed by atoms with Crippen LogP contribution in [0.5, 0.6) is 0 Å². The molecule has 3 rings (SSSR count). The third-order valence-corrected chi connectivity index (χ3v) is 5.43. The maximum atomic E-state index is 11.2. The zero-order chi connectivity index (χ0) is 19.4. The van der Waals surface area contributed by atoms with Crippen molar-refractivity contribution in [3.05, 3.63) is 40.6 Å². The molecule has 1 aliphatic carbocycles. The summed E-state index contributed by atoms with van der Waals surface area (Å²) in [5, 5.41) is 20.9. The lowest BCUT2D eigenvalue weighted by Crippen LogP contribution is -2.36. The first-order valence-corrected chi connectivity index (χ1v) is 9.45. The summed E-state index contributed by atoms with van der Waals surface area (Å²) in [5.41, 5.74) is 3.32. The zero-order valence-corrected chi connectivity index (χ0v) is 17.4. The molecule has 2 aromatic rings. The average molecular weight is 374 g/mol. The molecule has 0 amide bonds. The normalized spacial score (nSPS) is 22.1. The number of aliphatic hydroxyl groups excluding tert-OH is 1. The van der Waals surface area contributed by atoms with Crippen LogP contribution in [0.4, 0.5) is 0 Å². The summed E-state index contributed by atoms with van der Waals surface area (Å²) >= 11 is 6.08. The summed E-state index contributed by atoms with van der Waals surface area (Å²) in [6.45, 7) is 15.3. The second-order valence-corrected chi connectivity index (χ2v) is 9.81. The highest BCUT2D eigenvalue weighted by molar-refractivity contribution is 6.31. The number of aromatic nitrogens is 3. The molecule has 0 fully saturated rings. The molecular weight excluding hydrogens is 346 g/mol. The second kappa shape index (κ2) is 6.12. The minimum absolute atomic E-state index is 0.00516. The molecule has 1 aromatic heterocycles. The van der Waals surface area contributed by atoms with Gasteiger partial charge in [0.15, 0.2) is 0 Å². The Morgan fingerprint density at radius 1 is 1.04 bits per heavy atom. The molecule has 2 atom stereocenters. The van der Waals surface area contributed by atoms with Crippen LogP contribution in [0.2, 0.25) is 5.02 Å². The first-order chi connectivity index (χ1) is 11.9. The van der Waals surface area contributed by atoms with E-state index < -0.39 is 0 Å². The monoisotopic (exact) mass is 373 g/mol. The predicted octanol–water partition coefficient (Wildman–Crippen LogP) is 6.10. The molecule has 0 saturated carbocycles. The van der Waals surface area contributed by atoms with E-state index in [1.165, 1.54) is 5.57 Å². The maximum absolute atomic E-state index is 11.2. The fourth-order valence-electron chi connectivity index (χ4n) is 4.14. The molecule has 1 heterocycles. The van der Waals surface area contributed by atoms with Crippen LogP contribution >= 0.6 is 11.6 Å². The smallest absolute Gasteiger partial charge is 0.124 e. The van der Waals surface area contributed by atoms with Gasteiger partial charge in [-0.3, -0.25) is 0 Å². The van der Waals surface area contributed by atoms with Gasteiger partial charge >= 0.3 is 0 Å². The van der Waals surface area contributed by atoms with Gasteiger partial charge in [-0.2, -0.15) is 0 Å². The lowest BCUT2D eigenvalue weighted by molar-refractivity contribution is 0.147. The van der Waals surface area contributed by atoms with Crippen molar-refractivity contribution in [3.8, 4) is 0 Å². The van der Waals surface area contributed by atoms with Crippen molar-refractivity contribution in [2.24, 2.45) is 22.7 Å². The van der Waals surface area contributed by atoms with Gasteiger partial charge in [0.25, 0.3) is 0 Å². The second-order valence-electron chi connectivity index (χ2n) is 9.38. The van der Waals surface area contributed by atoms with Gasteiger partial charge in [-0.25, -0.2) is 0 Å². The van der Waals surface area contributed by atoms with E-state index in [2.05, 4.69) is 64.7 Å². The van der Waals surface area contributed by atoms with E-state index in [9.17, 15) is 5.11 Å². The number of allylic oxidation sites excluding steroid dienone is 4. The van der Waals surface area contributed by atoms with Crippen molar-refractivity contribution in [1.82, 2.24) is 15.0 Å². The van der Waals surface area contributed by atoms with Gasteiger partial charge in [-0.1, -0.05) is 65.6 Å². The standard InChI is InChI=1S/C21H28ClN3O/c1-12-14(20(2,3)4)11-17(19(26)18(12)21(5,6)7)25-23-15-9-8-13(22)10-16(15)24-25/h8-12,18,26H,1-7H3. The van der Waals surface area contributed by atoms with Crippen LogP contribution in [0.1, 0.15) is 48.5 Å². The largest absolute Gasteiger partial charge is 0.510 e. The van der Waals surface area contributed by atoms with Crippen molar-refractivity contribution in [2.45, 2.75) is 48.5 Å². The number of hydrogen-bond donors (Lipinski definition) is 1. The van der Waals surface area contributed by atoms with Crippen molar-refractivity contribution < 1.29 is 5.11 Å². The summed E-state index contributed by atoms with van der Waals surface area (Å²) in [7, 11) is 0. The van der Waals surface area contributed by atoms with Gasteiger partial charge in [-0.15, -0.1) is 15.0 Å². The fourth-order valence-corrected chi connectivity index (χ4v) is 4.31. The topological polar surface area (TPSA) is 50.9 Å². The first-order valence-electron chi connectivity index (χ1n) is 9.08. The van der Waals surface area contributed by atoms with Gasteiger partial charge in [0.05, 0.1) is 0 Å². The van der Waals surface area contributed by atoms with Crippen LogP contribution in [-0.4, -0.2) is 20.1 Å². The van der Waals surface area contributed by atoms with Crippen LogP contribution in [0.3, 0.4) is 0 Å². The molecule has 5 heteroatoms. The third-order valence-electron chi connectivity index (χ3n) is 5.20. The summed E-state index contributed by atoms with van der Waals surface area (Å²) in [5.74, 6) is 0.581. The van der Waals surface area contributed by atoms with Gasteiger partial charge in [0, 0.05) is 10.9 Å². The highest BCUT2D eigenvalue weighted by Crippen LogP contribution is 2.49. The summed E-state index contributed by atoms with van der Waals surface area (Å²) in [6, 6.07) is 5.44. The highest BCUT2D eigenvalue weighted by Gasteiger charge is 2.42. The van der Waals surface area contributed by atoms with Crippen molar-refractivity contribution in [2.75, 3.05) is 0 Å². The number of fused-ring (bicyclic) bond motifs is 1. The van der Waals surface area contributed by atoms with Crippen LogP contribution in [0.25, 0.3) is 16.7 Å². The quantitative estimate of drug-likeness (QED) is 0.657. The highest BCUT2D eigenvalue weighted by atomic mass is 35.5. The minimum Gasteiger partial charge on any atom is -0.510 e. The Hall–Kier alpha value is -1.81. The Labute approximate surface area is 160 Å². The Morgan fingerprint density at radius 3 is 2.23 bits per heavy atom. The van der Waals surface area contributed by atoms with Crippen LogP contribution < -0.4 is 0 Å². The SMILES string of the molecule is CC1C(C(C)(C)C)=CC(n2nc3ccc(Cl)cc3n2)=C(O)C1C(C)(C)C. The van der Waals surface area contributed by atoms with E-state index in [4.69, 9.17) is 11.6 Å². The van der Waals surface area contributed by atoms with Gasteiger partial charge in [-0.05, 0) is 41.0 Å². The van der Waals surface area contributed by atoms with Crippen molar-refractivity contribution in [1.29, 1.82) is 0 Å². The van der Waals surface area contributed by atoms with E-state index >= 15 is 0 Å². The lowest BCUT2D eigenvalue weighted by atomic mass is 9.63. The summed E-state index contributed by atoms with van der Waals surface area (Å²) < 4.78 is 0. The van der Waals surface area contributed by atoms with E-state index in [0.717, 1.165) is 11.0 Å². The molecule has 0 aliphatic heterocycles. The maximum Gasteiger partial charge on any atom is 0.124 e. The molecule has 0 radical (unpaired) electrons. The molecule has 1 aliphatic rings. The molecule has 1 aromatic carbocycles. The number of hydrogen-bond acceptors (Lipinski definition) is 3. The molecule has 2 unspecified atom stereocenters. The minimum atomic E-state index is -0.0879. The number of nitrogens with zero attached hydrogens (tertiary/aromatic N) is 3. The van der Waals surface area contributed by atoms with Crippen molar-refractivity contribution >= 4 is 28.3 Å². The van der Waals surface area contributed by atoms with Crippen LogP contribution in [-0.2, 0) is 0 Å². The molecule has 1 N–H and O–H groups in total. The van der Waals surface area contributed by atoms with Crippen LogP contribution in [0, 0.1) is 22.7 Å².